The second-order valence-electron chi connectivity index (χ2n) is 3.34. The van der Waals surface area contributed by atoms with E-state index >= 15 is 0 Å². The predicted molar refractivity (Wildman–Crippen MR) is 50.4 cm³/mol. The summed E-state index contributed by atoms with van der Waals surface area (Å²) >= 11 is 0. The van der Waals surface area contributed by atoms with Crippen molar-refractivity contribution in [2.45, 2.75) is 5.92 Å². The van der Waals surface area contributed by atoms with Gasteiger partial charge in [0.2, 0.25) is 0 Å². The lowest BCUT2D eigenvalue weighted by molar-refractivity contribution is 0.689. The SMILES string of the molecule is c1ncc2[nH]c(C3CNNC3)nc2n1. The summed E-state index contributed by atoms with van der Waals surface area (Å²) in [7, 11) is 0. The Kier molecular flexibility index (Phi) is 1.68. The number of imidazole rings is 1. The highest BCUT2D eigenvalue weighted by Gasteiger charge is 2.19. The predicted octanol–water partition coefficient (Wildman–Crippen LogP) is -0.456. The molecule has 0 spiro atoms. The van der Waals surface area contributed by atoms with E-state index in [1.54, 1.807) is 6.20 Å². The van der Waals surface area contributed by atoms with E-state index in [1.807, 2.05) is 0 Å². The van der Waals surface area contributed by atoms with Crippen LogP contribution in [0.3, 0.4) is 0 Å². The normalized spacial score (nSPS) is 18.0. The molecule has 3 heterocycles. The van der Waals surface area contributed by atoms with Crippen molar-refractivity contribution in [1.29, 1.82) is 0 Å². The summed E-state index contributed by atoms with van der Waals surface area (Å²) in [6.07, 6.45) is 3.26. The van der Waals surface area contributed by atoms with Gasteiger partial charge in [-0.15, -0.1) is 0 Å². The van der Waals surface area contributed by atoms with Crippen LogP contribution in [0.15, 0.2) is 12.5 Å². The molecule has 0 atom stereocenters. The number of hydrogen-bond acceptors (Lipinski definition) is 5. The molecule has 3 N–H and O–H groups in total. The topological polar surface area (TPSA) is 78.5 Å². The number of nitrogens with zero attached hydrogens (tertiary/aromatic N) is 3. The van der Waals surface area contributed by atoms with Crippen molar-refractivity contribution in [3.05, 3.63) is 18.3 Å². The van der Waals surface area contributed by atoms with Crippen LogP contribution in [-0.2, 0) is 0 Å². The van der Waals surface area contributed by atoms with Crippen molar-refractivity contribution < 1.29 is 0 Å². The zero-order valence-electron chi connectivity index (χ0n) is 7.49. The Labute approximate surface area is 80.1 Å². The molecule has 0 aliphatic carbocycles. The molecule has 0 saturated carbocycles. The molecule has 1 aliphatic rings. The maximum atomic E-state index is 4.41. The monoisotopic (exact) mass is 190 g/mol. The lowest BCUT2D eigenvalue weighted by Crippen LogP contribution is -2.21. The van der Waals surface area contributed by atoms with Crippen LogP contribution in [0.2, 0.25) is 0 Å². The first kappa shape index (κ1) is 7.84. The van der Waals surface area contributed by atoms with Crippen LogP contribution in [0.5, 0.6) is 0 Å². The standard InChI is InChI=1S/C8H10N6/c1-5(2-12-11-1)7-13-6-3-9-4-10-8(6)14-7/h3-5,11-12H,1-2H2,(H,9,10,13,14). The van der Waals surface area contributed by atoms with Crippen molar-refractivity contribution in [1.82, 2.24) is 30.8 Å². The summed E-state index contributed by atoms with van der Waals surface area (Å²) in [5.74, 6) is 1.36. The zero-order chi connectivity index (χ0) is 9.38. The molecule has 0 radical (unpaired) electrons. The highest BCUT2D eigenvalue weighted by molar-refractivity contribution is 5.68. The minimum absolute atomic E-state index is 0.393. The lowest BCUT2D eigenvalue weighted by atomic mass is 10.1. The maximum absolute atomic E-state index is 4.41. The fourth-order valence-electron chi connectivity index (χ4n) is 1.63. The van der Waals surface area contributed by atoms with E-state index in [1.165, 1.54) is 6.33 Å². The Morgan fingerprint density at radius 3 is 2.93 bits per heavy atom. The second kappa shape index (κ2) is 3.00. The smallest absolute Gasteiger partial charge is 0.180 e. The quantitative estimate of drug-likeness (QED) is 0.567. The molecule has 6 heteroatoms. The van der Waals surface area contributed by atoms with E-state index in [0.29, 0.717) is 5.92 Å². The van der Waals surface area contributed by atoms with Crippen molar-refractivity contribution >= 4 is 11.2 Å². The Bertz CT molecular complexity index is 411. The van der Waals surface area contributed by atoms with Gasteiger partial charge in [0, 0.05) is 19.0 Å². The summed E-state index contributed by atoms with van der Waals surface area (Å²) in [6.45, 7) is 1.79. The molecular formula is C8H10N6. The molecular weight excluding hydrogens is 180 g/mol. The number of H-pyrrole nitrogens is 1. The van der Waals surface area contributed by atoms with E-state index in [2.05, 4.69) is 30.8 Å². The summed E-state index contributed by atoms with van der Waals surface area (Å²) in [6, 6.07) is 0. The molecule has 1 saturated heterocycles. The number of fused-ring (bicyclic) bond motifs is 1. The minimum atomic E-state index is 0.393. The first-order chi connectivity index (χ1) is 6.93. The van der Waals surface area contributed by atoms with Gasteiger partial charge in [0.15, 0.2) is 5.65 Å². The van der Waals surface area contributed by atoms with Crippen LogP contribution >= 0.6 is 0 Å². The number of rotatable bonds is 1. The van der Waals surface area contributed by atoms with Crippen molar-refractivity contribution in [2.24, 2.45) is 0 Å². The maximum Gasteiger partial charge on any atom is 0.180 e. The number of hydrogen-bond donors (Lipinski definition) is 3. The number of nitrogens with one attached hydrogen (secondary N) is 3. The lowest BCUT2D eigenvalue weighted by Gasteiger charge is -2.00. The fraction of sp³-hybridized carbons (Fsp3) is 0.375. The van der Waals surface area contributed by atoms with Gasteiger partial charge < -0.3 is 4.98 Å². The third-order valence-corrected chi connectivity index (χ3v) is 2.39. The van der Waals surface area contributed by atoms with Crippen molar-refractivity contribution in [3.63, 3.8) is 0 Å². The van der Waals surface area contributed by atoms with E-state index in [4.69, 9.17) is 0 Å². The Morgan fingerprint density at radius 1 is 1.29 bits per heavy atom. The fourth-order valence-corrected chi connectivity index (χ4v) is 1.63. The third-order valence-electron chi connectivity index (χ3n) is 2.39. The summed E-state index contributed by atoms with van der Waals surface area (Å²) in [5, 5.41) is 0. The van der Waals surface area contributed by atoms with Gasteiger partial charge in [0.1, 0.15) is 17.7 Å². The van der Waals surface area contributed by atoms with Crippen LogP contribution in [0.25, 0.3) is 11.2 Å². The minimum Gasteiger partial charge on any atom is -0.339 e. The van der Waals surface area contributed by atoms with Crippen molar-refractivity contribution in [2.75, 3.05) is 13.1 Å². The summed E-state index contributed by atoms with van der Waals surface area (Å²) in [5.41, 5.74) is 7.77. The van der Waals surface area contributed by atoms with Crippen LogP contribution < -0.4 is 10.9 Å². The molecule has 0 bridgehead atoms. The van der Waals surface area contributed by atoms with Crippen LogP contribution in [0.1, 0.15) is 11.7 Å². The molecule has 2 aromatic heterocycles. The van der Waals surface area contributed by atoms with Crippen molar-refractivity contribution in [3.8, 4) is 0 Å². The number of aromatic amines is 1. The molecule has 1 aliphatic heterocycles. The molecule has 0 unspecified atom stereocenters. The van der Waals surface area contributed by atoms with Gasteiger partial charge in [-0.1, -0.05) is 0 Å². The van der Waals surface area contributed by atoms with Crippen LogP contribution in [0.4, 0.5) is 0 Å². The Hall–Kier alpha value is -1.53. The Balaban J connectivity index is 2.05. The van der Waals surface area contributed by atoms with E-state index in [9.17, 15) is 0 Å². The van der Waals surface area contributed by atoms with E-state index in [-0.39, 0.29) is 0 Å². The second-order valence-corrected chi connectivity index (χ2v) is 3.34. The highest BCUT2D eigenvalue weighted by atomic mass is 15.4. The van der Waals surface area contributed by atoms with Gasteiger partial charge in [-0.2, -0.15) is 0 Å². The van der Waals surface area contributed by atoms with Gasteiger partial charge in [0.05, 0.1) is 6.20 Å². The van der Waals surface area contributed by atoms with Gasteiger partial charge in [0.25, 0.3) is 0 Å². The van der Waals surface area contributed by atoms with Gasteiger partial charge in [-0.05, 0) is 0 Å². The molecule has 6 nitrogen and oxygen atoms in total. The Morgan fingerprint density at radius 2 is 2.14 bits per heavy atom. The molecule has 3 rings (SSSR count). The largest absolute Gasteiger partial charge is 0.339 e. The average molecular weight is 190 g/mol. The third kappa shape index (κ3) is 1.16. The van der Waals surface area contributed by atoms with Gasteiger partial charge in [-0.25, -0.2) is 15.0 Å². The first-order valence-corrected chi connectivity index (χ1v) is 4.55. The number of hydrazine groups is 1. The molecule has 2 aromatic rings. The zero-order valence-corrected chi connectivity index (χ0v) is 7.49. The first-order valence-electron chi connectivity index (χ1n) is 4.55. The molecule has 1 fully saturated rings. The van der Waals surface area contributed by atoms with E-state index in [0.717, 1.165) is 30.1 Å². The average Bonchev–Trinajstić information content (AvgIpc) is 2.86. The van der Waals surface area contributed by atoms with Gasteiger partial charge >= 0.3 is 0 Å². The highest BCUT2D eigenvalue weighted by Crippen LogP contribution is 2.15. The number of aromatic nitrogens is 4. The summed E-state index contributed by atoms with van der Waals surface area (Å²) in [4.78, 5) is 15.6. The van der Waals surface area contributed by atoms with Crippen LogP contribution in [0, 0.1) is 0 Å². The molecule has 72 valence electrons. The molecule has 0 amide bonds. The van der Waals surface area contributed by atoms with E-state index < -0.39 is 0 Å². The van der Waals surface area contributed by atoms with Gasteiger partial charge in [-0.3, -0.25) is 10.9 Å². The summed E-state index contributed by atoms with van der Waals surface area (Å²) < 4.78 is 0. The molecule has 0 aromatic carbocycles. The molecule has 14 heavy (non-hydrogen) atoms. The van der Waals surface area contributed by atoms with Crippen LogP contribution in [-0.4, -0.2) is 33.0 Å².